The van der Waals surface area contributed by atoms with Gasteiger partial charge >= 0.3 is 0 Å². The summed E-state index contributed by atoms with van der Waals surface area (Å²) in [6, 6.07) is 5.70. The molecule has 1 aromatic rings. The Kier molecular flexibility index (Phi) is 4.05. The normalized spacial score (nSPS) is 25.0. The van der Waals surface area contributed by atoms with Crippen molar-refractivity contribution in [3.63, 3.8) is 0 Å². The van der Waals surface area contributed by atoms with E-state index < -0.39 is 20.9 Å². The van der Waals surface area contributed by atoms with Crippen molar-refractivity contribution in [3.8, 4) is 0 Å². The van der Waals surface area contributed by atoms with Crippen LogP contribution in [0.4, 0.5) is 4.39 Å². The van der Waals surface area contributed by atoms with Crippen molar-refractivity contribution >= 4 is 9.84 Å². The maximum atomic E-state index is 13.7. The molecule has 4 heteroatoms. The van der Waals surface area contributed by atoms with Crippen LogP contribution >= 0.6 is 0 Å². The Balaban J connectivity index is 2.39. The van der Waals surface area contributed by atoms with Crippen molar-refractivity contribution in [3.05, 3.63) is 30.1 Å². The Labute approximate surface area is 108 Å². The van der Waals surface area contributed by atoms with Crippen molar-refractivity contribution in [1.82, 2.24) is 0 Å². The van der Waals surface area contributed by atoms with Crippen molar-refractivity contribution < 1.29 is 12.8 Å². The van der Waals surface area contributed by atoms with Crippen LogP contribution in [0.1, 0.15) is 39.0 Å². The van der Waals surface area contributed by atoms with Gasteiger partial charge in [-0.05, 0) is 30.9 Å². The van der Waals surface area contributed by atoms with Gasteiger partial charge < -0.3 is 0 Å². The van der Waals surface area contributed by atoms with E-state index in [-0.39, 0.29) is 10.8 Å². The van der Waals surface area contributed by atoms with Gasteiger partial charge in [-0.3, -0.25) is 0 Å². The molecule has 2 rings (SSSR count). The Hall–Kier alpha value is -0.900. The van der Waals surface area contributed by atoms with Crippen LogP contribution in [-0.2, 0) is 9.84 Å². The van der Waals surface area contributed by atoms with Gasteiger partial charge in [0.15, 0.2) is 9.84 Å². The van der Waals surface area contributed by atoms with Crippen LogP contribution in [-0.4, -0.2) is 13.7 Å². The minimum atomic E-state index is -3.53. The first kappa shape index (κ1) is 13.5. The molecular weight excluding hydrogens is 251 g/mol. The fourth-order valence-electron chi connectivity index (χ4n) is 2.89. The van der Waals surface area contributed by atoms with Crippen molar-refractivity contribution in [2.24, 2.45) is 5.92 Å². The summed E-state index contributed by atoms with van der Waals surface area (Å²) in [5, 5.41) is -0.409. The van der Waals surface area contributed by atoms with E-state index >= 15 is 0 Å². The van der Waals surface area contributed by atoms with E-state index in [0.717, 1.165) is 25.7 Å². The molecular formula is C14H19FO2S. The highest BCUT2D eigenvalue weighted by Crippen LogP contribution is 2.35. The highest BCUT2D eigenvalue weighted by molar-refractivity contribution is 7.92. The van der Waals surface area contributed by atoms with Gasteiger partial charge in [-0.25, -0.2) is 12.8 Å². The van der Waals surface area contributed by atoms with Crippen LogP contribution in [0.3, 0.4) is 0 Å². The number of halogens is 1. The standard InChI is InChI=1S/C14H19FO2S/c1-2-11-7-3-5-9-13(11)18(16,17)14-10-6-4-8-12(14)15/h4,6,8,10-11,13H,2-3,5,7,9H2,1H3. The number of hydrogen-bond acceptors (Lipinski definition) is 2. The maximum absolute atomic E-state index is 13.7. The van der Waals surface area contributed by atoms with Crippen molar-refractivity contribution in [2.45, 2.75) is 49.2 Å². The second-order valence-electron chi connectivity index (χ2n) is 4.97. The molecule has 2 atom stereocenters. The third kappa shape index (κ3) is 2.44. The van der Waals surface area contributed by atoms with Crippen LogP contribution in [0.5, 0.6) is 0 Å². The van der Waals surface area contributed by atoms with Gasteiger partial charge in [-0.1, -0.05) is 38.3 Å². The molecule has 0 heterocycles. The fraction of sp³-hybridized carbons (Fsp3) is 0.571. The Bertz CT molecular complexity index is 510. The first-order valence-electron chi connectivity index (χ1n) is 6.55. The third-order valence-electron chi connectivity index (χ3n) is 3.91. The third-order valence-corrected chi connectivity index (χ3v) is 6.27. The fourth-order valence-corrected chi connectivity index (χ4v) is 5.13. The quantitative estimate of drug-likeness (QED) is 0.841. The molecule has 1 aromatic carbocycles. The minimum absolute atomic E-state index is 0.129. The van der Waals surface area contributed by atoms with E-state index in [1.54, 1.807) is 6.07 Å². The summed E-state index contributed by atoms with van der Waals surface area (Å²) < 4.78 is 38.8. The van der Waals surface area contributed by atoms with Crippen LogP contribution in [0.2, 0.25) is 0 Å². The zero-order valence-corrected chi connectivity index (χ0v) is 11.4. The molecule has 0 amide bonds. The summed E-state index contributed by atoms with van der Waals surface area (Å²) in [6.45, 7) is 2.01. The average molecular weight is 270 g/mol. The molecule has 1 fully saturated rings. The molecule has 0 aliphatic heterocycles. The second-order valence-corrected chi connectivity index (χ2v) is 7.10. The number of rotatable bonds is 3. The maximum Gasteiger partial charge on any atom is 0.184 e. The van der Waals surface area contributed by atoms with Crippen LogP contribution in [0, 0.1) is 11.7 Å². The number of benzene rings is 1. The highest BCUT2D eigenvalue weighted by atomic mass is 32.2. The summed E-state index contributed by atoms with van der Waals surface area (Å²) in [7, 11) is -3.53. The first-order valence-corrected chi connectivity index (χ1v) is 8.10. The van der Waals surface area contributed by atoms with E-state index in [2.05, 4.69) is 0 Å². The molecule has 0 aromatic heterocycles. The second kappa shape index (κ2) is 5.39. The molecule has 2 nitrogen and oxygen atoms in total. The van der Waals surface area contributed by atoms with Crippen LogP contribution < -0.4 is 0 Å². The number of hydrogen-bond donors (Lipinski definition) is 0. The Morgan fingerprint density at radius 3 is 2.56 bits per heavy atom. The predicted octanol–water partition coefficient (Wildman–Crippen LogP) is 3.57. The van der Waals surface area contributed by atoms with Gasteiger partial charge in [-0.2, -0.15) is 0 Å². The Morgan fingerprint density at radius 2 is 1.89 bits per heavy atom. The lowest BCUT2D eigenvalue weighted by Crippen LogP contribution is -2.33. The summed E-state index contributed by atoms with van der Waals surface area (Å²) in [5.41, 5.74) is 0. The lowest BCUT2D eigenvalue weighted by atomic mass is 9.87. The van der Waals surface area contributed by atoms with Gasteiger partial charge in [0, 0.05) is 0 Å². The van der Waals surface area contributed by atoms with Gasteiger partial charge in [-0.15, -0.1) is 0 Å². The molecule has 0 spiro atoms. The topological polar surface area (TPSA) is 34.1 Å². The molecule has 0 N–H and O–H groups in total. The highest BCUT2D eigenvalue weighted by Gasteiger charge is 2.36. The molecule has 0 saturated heterocycles. The Morgan fingerprint density at radius 1 is 1.22 bits per heavy atom. The molecule has 2 unspecified atom stereocenters. The summed E-state index contributed by atoms with van der Waals surface area (Å²) in [6.07, 6.45) is 4.46. The van der Waals surface area contributed by atoms with Gasteiger partial charge in [0.1, 0.15) is 10.7 Å². The van der Waals surface area contributed by atoms with Gasteiger partial charge in [0.25, 0.3) is 0 Å². The van der Waals surface area contributed by atoms with E-state index in [9.17, 15) is 12.8 Å². The van der Waals surface area contributed by atoms with Gasteiger partial charge in [0.05, 0.1) is 5.25 Å². The van der Waals surface area contributed by atoms with E-state index in [1.165, 1.54) is 18.2 Å². The monoisotopic (exact) mass is 270 g/mol. The van der Waals surface area contributed by atoms with Crippen LogP contribution in [0.25, 0.3) is 0 Å². The van der Waals surface area contributed by atoms with Crippen LogP contribution in [0.15, 0.2) is 29.2 Å². The lowest BCUT2D eigenvalue weighted by molar-refractivity contribution is 0.347. The summed E-state index contributed by atoms with van der Waals surface area (Å²) in [4.78, 5) is -0.129. The summed E-state index contributed by atoms with van der Waals surface area (Å²) in [5.74, 6) is -0.457. The minimum Gasteiger partial charge on any atom is -0.223 e. The largest absolute Gasteiger partial charge is 0.223 e. The van der Waals surface area contributed by atoms with Crippen molar-refractivity contribution in [1.29, 1.82) is 0 Å². The lowest BCUT2D eigenvalue weighted by Gasteiger charge is -2.30. The van der Waals surface area contributed by atoms with E-state index in [1.807, 2.05) is 6.92 Å². The smallest absolute Gasteiger partial charge is 0.184 e. The molecule has 1 aliphatic rings. The molecule has 1 saturated carbocycles. The molecule has 18 heavy (non-hydrogen) atoms. The molecule has 1 aliphatic carbocycles. The molecule has 100 valence electrons. The average Bonchev–Trinajstić information content (AvgIpc) is 2.39. The van der Waals surface area contributed by atoms with Gasteiger partial charge in [0.2, 0.25) is 0 Å². The molecule has 0 bridgehead atoms. The first-order chi connectivity index (χ1) is 8.57. The SMILES string of the molecule is CCC1CCCCC1S(=O)(=O)c1ccccc1F. The molecule has 0 radical (unpaired) electrons. The number of sulfone groups is 1. The summed E-state index contributed by atoms with van der Waals surface area (Å²) >= 11 is 0. The predicted molar refractivity (Wildman–Crippen MR) is 69.6 cm³/mol. The van der Waals surface area contributed by atoms with E-state index in [4.69, 9.17) is 0 Å². The van der Waals surface area contributed by atoms with Crippen molar-refractivity contribution in [2.75, 3.05) is 0 Å². The zero-order chi connectivity index (χ0) is 13.2. The van der Waals surface area contributed by atoms with E-state index in [0.29, 0.717) is 6.42 Å². The zero-order valence-electron chi connectivity index (χ0n) is 10.6.